The molecule has 2 heterocycles. The van der Waals surface area contributed by atoms with Gasteiger partial charge < -0.3 is 10.1 Å². The van der Waals surface area contributed by atoms with E-state index >= 15 is 0 Å². The number of carbonyl (C=O) groups excluding carboxylic acids is 2. The highest BCUT2D eigenvalue weighted by Gasteiger charge is 2.31. The Morgan fingerprint density at radius 1 is 1.27 bits per heavy atom. The van der Waals surface area contributed by atoms with E-state index in [0.29, 0.717) is 0 Å². The van der Waals surface area contributed by atoms with E-state index in [-0.39, 0.29) is 21.9 Å². The van der Waals surface area contributed by atoms with Crippen molar-refractivity contribution in [2.24, 2.45) is 0 Å². The van der Waals surface area contributed by atoms with Crippen LogP contribution in [0.2, 0.25) is 0 Å². The lowest BCUT2D eigenvalue weighted by molar-refractivity contribution is -0.124. The summed E-state index contributed by atoms with van der Waals surface area (Å²) in [6.07, 6.45) is 1.59. The zero-order valence-corrected chi connectivity index (χ0v) is 16.4. The molecule has 1 fully saturated rings. The predicted octanol–water partition coefficient (Wildman–Crippen LogP) is 2.28. The van der Waals surface area contributed by atoms with Gasteiger partial charge in [0.15, 0.2) is 6.61 Å². The Bertz CT molecular complexity index is 885. The molecule has 1 aliphatic rings. The van der Waals surface area contributed by atoms with Crippen LogP contribution in [0.3, 0.4) is 0 Å². The molecule has 1 aliphatic carbocycles. The van der Waals surface area contributed by atoms with Crippen LogP contribution in [0.25, 0.3) is 0 Å². The SMILES string of the molecule is C[C@@H](NC(=O)COC(=O)c1sccc1S(=O)(=O)NC1CC1)c1cccs1. The van der Waals surface area contributed by atoms with Gasteiger partial charge in [-0.1, -0.05) is 6.07 Å². The van der Waals surface area contributed by atoms with Crippen LogP contribution < -0.4 is 10.0 Å². The van der Waals surface area contributed by atoms with Crippen LogP contribution in [0.1, 0.15) is 40.4 Å². The van der Waals surface area contributed by atoms with E-state index in [1.54, 1.807) is 0 Å². The highest BCUT2D eigenvalue weighted by Crippen LogP contribution is 2.27. The minimum atomic E-state index is -3.76. The Morgan fingerprint density at radius 3 is 2.69 bits per heavy atom. The Hall–Kier alpha value is -1.75. The molecule has 0 unspecified atom stereocenters. The fourth-order valence-electron chi connectivity index (χ4n) is 2.23. The number of thiophene rings is 2. The Balaban J connectivity index is 1.57. The third-order valence-electron chi connectivity index (χ3n) is 3.68. The molecule has 0 bridgehead atoms. The first-order valence-electron chi connectivity index (χ1n) is 7.96. The van der Waals surface area contributed by atoms with Crippen molar-refractivity contribution in [2.75, 3.05) is 6.61 Å². The lowest BCUT2D eigenvalue weighted by Gasteiger charge is -2.12. The minimum Gasteiger partial charge on any atom is -0.451 e. The average Bonchev–Trinajstić information content (AvgIpc) is 3.10. The number of nitrogens with one attached hydrogen (secondary N) is 2. The second kappa shape index (κ2) is 7.87. The van der Waals surface area contributed by atoms with E-state index in [1.165, 1.54) is 22.8 Å². The van der Waals surface area contributed by atoms with E-state index in [9.17, 15) is 18.0 Å². The Kier molecular flexibility index (Phi) is 5.76. The van der Waals surface area contributed by atoms with Crippen molar-refractivity contribution in [3.8, 4) is 0 Å². The van der Waals surface area contributed by atoms with Crippen molar-refractivity contribution in [2.45, 2.75) is 36.7 Å². The summed E-state index contributed by atoms with van der Waals surface area (Å²) in [7, 11) is -3.76. The van der Waals surface area contributed by atoms with Gasteiger partial charge in [0.1, 0.15) is 9.77 Å². The van der Waals surface area contributed by atoms with Crippen LogP contribution in [-0.2, 0) is 19.6 Å². The van der Waals surface area contributed by atoms with Crippen LogP contribution in [0.15, 0.2) is 33.9 Å². The number of esters is 1. The van der Waals surface area contributed by atoms with Crippen LogP contribution in [0.4, 0.5) is 0 Å². The summed E-state index contributed by atoms with van der Waals surface area (Å²) in [6.45, 7) is 1.36. The van der Waals surface area contributed by atoms with Gasteiger partial charge in [-0.3, -0.25) is 4.79 Å². The smallest absolute Gasteiger partial charge is 0.350 e. The highest BCUT2D eigenvalue weighted by atomic mass is 32.2. The van der Waals surface area contributed by atoms with E-state index in [2.05, 4.69) is 10.0 Å². The van der Waals surface area contributed by atoms with Gasteiger partial charge in [0.2, 0.25) is 10.0 Å². The van der Waals surface area contributed by atoms with Crippen molar-refractivity contribution in [3.05, 3.63) is 38.7 Å². The monoisotopic (exact) mass is 414 g/mol. The van der Waals surface area contributed by atoms with Crippen LogP contribution in [-0.4, -0.2) is 32.9 Å². The lowest BCUT2D eigenvalue weighted by Crippen LogP contribution is -2.31. The third-order valence-corrected chi connectivity index (χ3v) is 7.33. The van der Waals surface area contributed by atoms with Crippen LogP contribution >= 0.6 is 22.7 Å². The maximum Gasteiger partial charge on any atom is 0.350 e. The van der Waals surface area contributed by atoms with Gasteiger partial charge in [-0.2, -0.15) is 0 Å². The number of sulfonamides is 1. The van der Waals surface area contributed by atoms with Crippen molar-refractivity contribution in [3.63, 3.8) is 0 Å². The predicted molar refractivity (Wildman–Crippen MR) is 98.8 cm³/mol. The molecule has 140 valence electrons. The topological polar surface area (TPSA) is 102 Å². The van der Waals surface area contributed by atoms with Crippen LogP contribution in [0, 0.1) is 0 Å². The fourth-order valence-corrected chi connectivity index (χ4v) is 5.58. The molecular formula is C16H18N2O5S3. The summed E-state index contributed by atoms with van der Waals surface area (Å²) in [5.74, 6) is -1.27. The fraction of sp³-hybridized carbons (Fsp3) is 0.375. The minimum absolute atomic E-state index is 0.0303. The molecule has 2 aromatic rings. The van der Waals surface area contributed by atoms with Gasteiger partial charge in [0.05, 0.1) is 6.04 Å². The third kappa shape index (κ3) is 4.70. The molecule has 1 amide bonds. The molecule has 0 saturated heterocycles. The van der Waals surface area contributed by atoms with Crippen molar-refractivity contribution >= 4 is 44.6 Å². The zero-order valence-electron chi connectivity index (χ0n) is 13.9. The van der Waals surface area contributed by atoms with Crippen molar-refractivity contribution < 1.29 is 22.7 Å². The van der Waals surface area contributed by atoms with Gasteiger partial charge in [-0.05, 0) is 42.7 Å². The quantitative estimate of drug-likeness (QED) is 0.646. The molecule has 0 spiro atoms. The summed E-state index contributed by atoms with van der Waals surface area (Å²) in [6, 6.07) is 4.90. The summed E-state index contributed by atoms with van der Waals surface area (Å²) in [4.78, 5) is 25.0. The first-order valence-corrected chi connectivity index (χ1v) is 11.2. The van der Waals surface area contributed by atoms with Gasteiger partial charge in [-0.25, -0.2) is 17.9 Å². The van der Waals surface area contributed by atoms with Gasteiger partial charge in [0.25, 0.3) is 5.91 Å². The molecule has 7 nitrogen and oxygen atoms in total. The zero-order chi connectivity index (χ0) is 18.7. The van der Waals surface area contributed by atoms with Gasteiger partial charge in [0, 0.05) is 10.9 Å². The first-order chi connectivity index (χ1) is 12.4. The number of hydrogen-bond acceptors (Lipinski definition) is 7. The largest absolute Gasteiger partial charge is 0.451 e. The van der Waals surface area contributed by atoms with E-state index in [1.807, 2.05) is 24.4 Å². The molecule has 3 rings (SSSR count). The molecule has 0 radical (unpaired) electrons. The van der Waals surface area contributed by atoms with Crippen molar-refractivity contribution in [1.82, 2.24) is 10.0 Å². The Morgan fingerprint density at radius 2 is 2.04 bits per heavy atom. The second-order valence-electron chi connectivity index (χ2n) is 5.89. The van der Waals surface area contributed by atoms with Crippen molar-refractivity contribution in [1.29, 1.82) is 0 Å². The standard InChI is InChI=1S/C16H18N2O5S3/c1-10(12-3-2-7-24-12)17-14(19)9-23-16(20)15-13(6-8-25-15)26(21,22)18-11-4-5-11/h2-3,6-8,10-11,18H,4-5,9H2,1H3,(H,17,19)/t10-/m1/s1. The Labute approximate surface area is 159 Å². The molecule has 1 atom stereocenters. The molecule has 10 heteroatoms. The number of amides is 1. The summed E-state index contributed by atoms with van der Waals surface area (Å²) in [5.41, 5.74) is 0. The highest BCUT2D eigenvalue weighted by molar-refractivity contribution is 7.89. The molecule has 0 aromatic carbocycles. The molecule has 1 saturated carbocycles. The van der Waals surface area contributed by atoms with Gasteiger partial charge in [-0.15, -0.1) is 22.7 Å². The maximum absolute atomic E-state index is 12.3. The average molecular weight is 415 g/mol. The van der Waals surface area contributed by atoms with E-state index in [0.717, 1.165) is 29.1 Å². The van der Waals surface area contributed by atoms with Gasteiger partial charge >= 0.3 is 5.97 Å². The summed E-state index contributed by atoms with van der Waals surface area (Å²) < 4.78 is 32.1. The number of ether oxygens (including phenoxy) is 1. The molecule has 0 aliphatic heterocycles. The second-order valence-corrected chi connectivity index (χ2v) is 9.47. The van der Waals surface area contributed by atoms with Crippen LogP contribution in [0.5, 0.6) is 0 Å². The van der Waals surface area contributed by atoms with E-state index in [4.69, 9.17) is 4.74 Å². The molecule has 26 heavy (non-hydrogen) atoms. The summed E-state index contributed by atoms with van der Waals surface area (Å²) >= 11 is 2.49. The molecule has 2 aromatic heterocycles. The van der Waals surface area contributed by atoms with E-state index < -0.39 is 28.5 Å². The normalized spacial score (nSPS) is 15.4. The maximum atomic E-state index is 12.3. The molecular weight excluding hydrogens is 396 g/mol. The summed E-state index contributed by atoms with van der Waals surface area (Å²) in [5, 5.41) is 6.15. The molecule has 2 N–H and O–H groups in total. The number of hydrogen-bond donors (Lipinski definition) is 2. The lowest BCUT2D eigenvalue weighted by atomic mass is 10.3. The first kappa shape index (κ1) is 19.0. The number of carbonyl (C=O) groups is 2. The number of rotatable bonds is 8.